The lowest BCUT2D eigenvalue weighted by Crippen LogP contribution is -2.32. The van der Waals surface area contributed by atoms with Gasteiger partial charge in [0.25, 0.3) is 5.91 Å². The minimum Gasteiger partial charge on any atom is -0.497 e. The molecule has 3 aromatic rings. The monoisotopic (exact) mass is 457 g/mol. The quantitative estimate of drug-likeness (QED) is 0.586. The number of amides is 1. The molecule has 2 aromatic heterocycles. The summed E-state index contributed by atoms with van der Waals surface area (Å²) in [5.74, 6) is 0.972. The van der Waals surface area contributed by atoms with E-state index in [1.807, 2.05) is 35.9 Å². The highest BCUT2D eigenvalue weighted by Gasteiger charge is 2.30. The number of hydrogen-bond donors (Lipinski definition) is 1. The summed E-state index contributed by atoms with van der Waals surface area (Å²) in [6, 6.07) is 8.29. The lowest BCUT2D eigenvalue weighted by Gasteiger charge is -2.19. The summed E-state index contributed by atoms with van der Waals surface area (Å²) >= 11 is 0. The van der Waals surface area contributed by atoms with Crippen molar-refractivity contribution in [1.29, 1.82) is 0 Å². The number of benzene rings is 1. The molecular weight excluding hydrogens is 430 g/mol. The Morgan fingerprint density at radius 1 is 1.12 bits per heavy atom. The highest BCUT2D eigenvalue weighted by atomic mass is 32.2. The highest BCUT2D eigenvalue weighted by Crippen LogP contribution is 2.25. The van der Waals surface area contributed by atoms with Crippen LogP contribution in [0.3, 0.4) is 0 Å². The Labute approximate surface area is 187 Å². The standard InChI is InChI=1S/C22H27N5O4S/c1-25-13-10-23-21(25)20(16-6-8-17(31-3)9-7-16)24-22(28)19-14-18(15-26(19)2)32(29,30)27-11-4-5-12-27/h6-10,13-15,20H,4-5,11-12H2,1-3H3,(H,24,28)/t20-/m0/s1. The first-order chi connectivity index (χ1) is 15.3. The zero-order valence-electron chi connectivity index (χ0n) is 18.4. The predicted octanol–water partition coefficient (Wildman–Crippen LogP) is 2.07. The summed E-state index contributed by atoms with van der Waals surface area (Å²) in [5, 5.41) is 3.01. The molecule has 0 radical (unpaired) electrons. The molecule has 1 fully saturated rings. The van der Waals surface area contributed by atoms with E-state index in [1.165, 1.54) is 16.6 Å². The first kappa shape index (κ1) is 22.1. The van der Waals surface area contributed by atoms with Gasteiger partial charge in [0.05, 0.1) is 7.11 Å². The molecule has 32 heavy (non-hydrogen) atoms. The van der Waals surface area contributed by atoms with Crippen LogP contribution in [-0.2, 0) is 24.1 Å². The number of imidazole rings is 1. The largest absolute Gasteiger partial charge is 0.497 e. The molecule has 0 aliphatic carbocycles. The van der Waals surface area contributed by atoms with Crippen LogP contribution in [-0.4, -0.2) is 52.9 Å². The van der Waals surface area contributed by atoms with E-state index in [0.717, 1.165) is 18.4 Å². The van der Waals surface area contributed by atoms with E-state index < -0.39 is 16.1 Å². The van der Waals surface area contributed by atoms with Crippen molar-refractivity contribution >= 4 is 15.9 Å². The molecular formula is C22H27N5O4S. The number of aryl methyl sites for hydroxylation is 2. The lowest BCUT2D eigenvalue weighted by molar-refractivity contribution is 0.0933. The molecule has 10 heteroatoms. The highest BCUT2D eigenvalue weighted by molar-refractivity contribution is 7.89. The molecule has 1 amide bonds. The number of nitrogens with one attached hydrogen (secondary N) is 1. The number of nitrogens with zero attached hydrogens (tertiary/aromatic N) is 4. The number of rotatable bonds is 7. The van der Waals surface area contributed by atoms with Crippen LogP contribution in [0.2, 0.25) is 0 Å². The van der Waals surface area contributed by atoms with E-state index in [9.17, 15) is 13.2 Å². The summed E-state index contributed by atoms with van der Waals surface area (Å²) in [7, 11) is 1.51. The Morgan fingerprint density at radius 3 is 2.41 bits per heavy atom. The van der Waals surface area contributed by atoms with Crippen LogP contribution < -0.4 is 10.1 Å². The molecule has 1 aromatic carbocycles. The van der Waals surface area contributed by atoms with Gasteiger partial charge in [-0.3, -0.25) is 4.79 Å². The van der Waals surface area contributed by atoms with Gasteiger partial charge in [0.1, 0.15) is 28.2 Å². The molecule has 9 nitrogen and oxygen atoms in total. The maximum Gasteiger partial charge on any atom is 0.268 e. The van der Waals surface area contributed by atoms with Crippen LogP contribution in [0, 0.1) is 0 Å². The molecule has 1 N–H and O–H groups in total. The lowest BCUT2D eigenvalue weighted by atomic mass is 10.1. The van der Waals surface area contributed by atoms with Crippen molar-refractivity contribution in [3.05, 3.63) is 66.0 Å². The Balaban J connectivity index is 1.64. The second-order valence-corrected chi connectivity index (χ2v) is 9.80. The Morgan fingerprint density at radius 2 is 1.81 bits per heavy atom. The fraction of sp³-hybridized carbons (Fsp3) is 0.364. The van der Waals surface area contributed by atoms with Gasteiger partial charge in [-0.2, -0.15) is 4.31 Å². The third-order valence-electron chi connectivity index (χ3n) is 5.76. The normalized spacial score (nSPS) is 15.6. The topological polar surface area (TPSA) is 98.5 Å². The van der Waals surface area contributed by atoms with Gasteiger partial charge in [-0.05, 0) is 36.6 Å². The van der Waals surface area contributed by atoms with E-state index in [-0.39, 0.29) is 16.5 Å². The fourth-order valence-electron chi connectivity index (χ4n) is 3.93. The van der Waals surface area contributed by atoms with Gasteiger partial charge in [-0.15, -0.1) is 0 Å². The molecule has 1 aliphatic heterocycles. The van der Waals surface area contributed by atoms with Crippen molar-refractivity contribution in [1.82, 2.24) is 23.7 Å². The number of methoxy groups -OCH3 is 1. The van der Waals surface area contributed by atoms with Crippen molar-refractivity contribution in [2.75, 3.05) is 20.2 Å². The van der Waals surface area contributed by atoms with E-state index in [1.54, 1.807) is 31.1 Å². The van der Waals surface area contributed by atoms with Gasteiger partial charge < -0.3 is 19.2 Å². The Hall–Kier alpha value is -3.11. The molecule has 0 spiro atoms. The molecule has 3 heterocycles. The Bertz CT molecular complexity index is 1210. The molecule has 1 atom stereocenters. The number of hydrogen-bond acceptors (Lipinski definition) is 5. The molecule has 0 unspecified atom stereocenters. The van der Waals surface area contributed by atoms with Crippen LogP contribution in [0.25, 0.3) is 0 Å². The summed E-state index contributed by atoms with van der Waals surface area (Å²) in [6.45, 7) is 1.02. The first-order valence-electron chi connectivity index (χ1n) is 10.4. The summed E-state index contributed by atoms with van der Waals surface area (Å²) < 4.78 is 35.9. The van der Waals surface area contributed by atoms with Gasteiger partial charge in [-0.25, -0.2) is 13.4 Å². The minimum absolute atomic E-state index is 0.130. The van der Waals surface area contributed by atoms with E-state index in [0.29, 0.717) is 24.7 Å². The smallest absolute Gasteiger partial charge is 0.268 e. The van der Waals surface area contributed by atoms with Crippen LogP contribution in [0.1, 0.15) is 40.8 Å². The number of ether oxygens (including phenoxy) is 1. The van der Waals surface area contributed by atoms with Crippen molar-refractivity contribution in [3.63, 3.8) is 0 Å². The second-order valence-electron chi connectivity index (χ2n) is 7.86. The van der Waals surface area contributed by atoms with Crippen molar-refractivity contribution in [3.8, 4) is 5.75 Å². The average molecular weight is 458 g/mol. The molecule has 170 valence electrons. The fourth-order valence-corrected chi connectivity index (χ4v) is 5.52. The van der Waals surface area contributed by atoms with E-state index in [2.05, 4.69) is 10.3 Å². The van der Waals surface area contributed by atoms with Crippen molar-refractivity contribution in [2.24, 2.45) is 14.1 Å². The van der Waals surface area contributed by atoms with Gasteiger partial charge in [-0.1, -0.05) is 12.1 Å². The second kappa shape index (κ2) is 8.79. The van der Waals surface area contributed by atoms with Gasteiger partial charge in [0, 0.05) is 45.8 Å². The molecule has 4 rings (SSSR count). The molecule has 1 aliphatic rings. The number of sulfonamides is 1. The van der Waals surface area contributed by atoms with Crippen LogP contribution in [0.4, 0.5) is 0 Å². The number of aromatic nitrogens is 3. The molecule has 0 bridgehead atoms. The average Bonchev–Trinajstić information content (AvgIpc) is 3.53. The molecule has 0 saturated carbocycles. The number of carbonyl (C=O) groups is 1. The van der Waals surface area contributed by atoms with Crippen LogP contribution in [0.15, 0.2) is 53.8 Å². The maximum atomic E-state index is 13.2. The van der Waals surface area contributed by atoms with E-state index in [4.69, 9.17) is 4.74 Å². The predicted molar refractivity (Wildman–Crippen MR) is 119 cm³/mol. The number of carbonyl (C=O) groups excluding carboxylic acids is 1. The third kappa shape index (κ3) is 4.15. The van der Waals surface area contributed by atoms with Crippen LogP contribution >= 0.6 is 0 Å². The Kier molecular flexibility index (Phi) is 6.07. The maximum absolute atomic E-state index is 13.2. The summed E-state index contributed by atoms with van der Waals surface area (Å²) in [6.07, 6.45) is 6.67. The molecule has 1 saturated heterocycles. The van der Waals surface area contributed by atoms with E-state index >= 15 is 0 Å². The van der Waals surface area contributed by atoms with Crippen LogP contribution in [0.5, 0.6) is 5.75 Å². The zero-order valence-corrected chi connectivity index (χ0v) is 19.2. The third-order valence-corrected chi connectivity index (χ3v) is 7.62. The summed E-state index contributed by atoms with van der Waals surface area (Å²) in [4.78, 5) is 17.8. The zero-order chi connectivity index (χ0) is 22.9. The first-order valence-corrected chi connectivity index (χ1v) is 11.8. The van der Waals surface area contributed by atoms with Gasteiger partial charge in [0.15, 0.2) is 0 Å². The SMILES string of the molecule is COc1ccc([C@H](NC(=O)c2cc(S(=O)(=O)N3CCCC3)cn2C)c2nccn2C)cc1. The van der Waals surface area contributed by atoms with Gasteiger partial charge in [0.2, 0.25) is 10.0 Å². The van der Waals surface area contributed by atoms with Crippen molar-refractivity contribution < 1.29 is 17.9 Å². The minimum atomic E-state index is -3.61. The van der Waals surface area contributed by atoms with Gasteiger partial charge >= 0.3 is 0 Å². The van der Waals surface area contributed by atoms with Crippen molar-refractivity contribution in [2.45, 2.75) is 23.8 Å². The summed E-state index contributed by atoms with van der Waals surface area (Å²) in [5.41, 5.74) is 1.09.